The Hall–Kier alpha value is -2.31. The fourth-order valence-corrected chi connectivity index (χ4v) is 7.39. The molecule has 1 amide bonds. The normalized spacial score (nSPS) is 25.4. The smallest absolute Gasteiger partial charge is 0.329 e. The van der Waals surface area contributed by atoms with Gasteiger partial charge in [0.15, 0.2) is 26.5 Å². The SMILES string of the molecule is O=C(O)COCC(=O)N=C1S[C@@H]2CS(=O)(=O)C[C@@H]2N1Cc1ccc2c(c1)OCO2. The number of carbonyl (C=O) groups is 2. The second-order valence-electron chi connectivity index (χ2n) is 6.79. The summed E-state index contributed by atoms with van der Waals surface area (Å²) in [6.45, 7) is -0.544. The molecule has 4 rings (SSSR count). The summed E-state index contributed by atoms with van der Waals surface area (Å²) < 4.78 is 39.6. The largest absolute Gasteiger partial charge is 0.480 e. The number of aliphatic imine (C=N–C) groups is 1. The van der Waals surface area contributed by atoms with E-state index in [1.807, 2.05) is 17.0 Å². The Balaban J connectivity index is 1.53. The van der Waals surface area contributed by atoms with E-state index in [9.17, 15) is 18.0 Å². The van der Waals surface area contributed by atoms with E-state index in [0.29, 0.717) is 23.2 Å². The molecule has 3 heterocycles. The van der Waals surface area contributed by atoms with Gasteiger partial charge in [-0.2, -0.15) is 4.99 Å². The number of sulfone groups is 1. The van der Waals surface area contributed by atoms with Crippen molar-refractivity contribution in [3.63, 3.8) is 0 Å². The molecule has 12 heteroatoms. The average Bonchev–Trinajstić information content (AvgIpc) is 3.28. The van der Waals surface area contributed by atoms with Crippen molar-refractivity contribution in [3.05, 3.63) is 23.8 Å². The molecule has 1 N–H and O–H groups in total. The first-order chi connectivity index (χ1) is 13.8. The Morgan fingerprint density at radius 2 is 2.03 bits per heavy atom. The fourth-order valence-electron chi connectivity index (χ4n) is 3.42. The summed E-state index contributed by atoms with van der Waals surface area (Å²) in [4.78, 5) is 28.4. The van der Waals surface area contributed by atoms with Crippen LogP contribution in [0.5, 0.6) is 11.5 Å². The third-order valence-electron chi connectivity index (χ3n) is 4.64. The van der Waals surface area contributed by atoms with Gasteiger partial charge in [0.05, 0.1) is 17.5 Å². The van der Waals surface area contributed by atoms with E-state index in [2.05, 4.69) is 4.99 Å². The second-order valence-corrected chi connectivity index (χ2v) is 10.2. The lowest BCUT2D eigenvalue weighted by Crippen LogP contribution is -2.37. The van der Waals surface area contributed by atoms with Gasteiger partial charge in [-0.05, 0) is 17.7 Å². The topological polar surface area (TPSA) is 132 Å². The second kappa shape index (κ2) is 7.84. The first-order valence-corrected chi connectivity index (χ1v) is 11.4. The summed E-state index contributed by atoms with van der Waals surface area (Å²) in [6, 6.07) is 5.16. The zero-order valence-corrected chi connectivity index (χ0v) is 16.8. The van der Waals surface area contributed by atoms with Gasteiger partial charge in [0.1, 0.15) is 13.2 Å². The van der Waals surface area contributed by atoms with Crippen LogP contribution < -0.4 is 9.47 Å². The van der Waals surface area contributed by atoms with Crippen molar-refractivity contribution in [1.82, 2.24) is 4.90 Å². The van der Waals surface area contributed by atoms with Crippen LogP contribution in [0.1, 0.15) is 5.56 Å². The number of carboxylic acid groups (broad SMARTS) is 1. The molecule has 0 unspecified atom stereocenters. The van der Waals surface area contributed by atoms with Crippen molar-refractivity contribution in [3.8, 4) is 11.5 Å². The predicted molar refractivity (Wildman–Crippen MR) is 103 cm³/mol. The molecular weight excluding hydrogens is 424 g/mol. The van der Waals surface area contributed by atoms with Crippen LogP contribution in [0.15, 0.2) is 23.2 Å². The number of hydrogen-bond acceptors (Lipinski definition) is 8. The first-order valence-electron chi connectivity index (χ1n) is 8.74. The van der Waals surface area contributed by atoms with Crippen LogP contribution in [0.3, 0.4) is 0 Å². The minimum Gasteiger partial charge on any atom is -0.480 e. The van der Waals surface area contributed by atoms with Crippen LogP contribution in [0, 0.1) is 0 Å². The third-order valence-corrected chi connectivity index (χ3v) is 7.88. The van der Waals surface area contributed by atoms with Crippen molar-refractivity contribution in [2.75, 3.05) is 31.5 Å². The maximum Gasteiger partial charge on any atom is 0.329 e. The molecule has 0 aliphatic carbocycles. The number of hydrogen-bond donors (Lipinski definition) is 1. The number of fused-ring (bicyclic) bond motifs is 2. The van der Waals surface area contributed by atoms with Crippen molar-refractivity contribution in [1.29, 1.82) is 0 Å². The molecule has 29 heavy (non-hydrogen) atoms. The van der Waals surface area contributed by atoms with Gasteiger partial charge in [-0.25, -0.2) is 13.2 Å². The molecule has 2 saturated heterocycles. The minimum absolute atomic E-state index is 0.00204. The number of carbonyl (C=O) groups excluding carboxylic acids is 1. The van der Waals surface area contributed by atoms with Crippen molar-refractivity contribution < 1.29 is 37.3 Å². The molecule has 10 nitrogen and oxygen atoms in total. The predicted octanol–water partition coefficient (Wildman–Crippen LogP) is 0.114. The number of amidine groups is 1. The molecule has 3 aliphatic rings. The van der Waals surface area contributed by atoms with Crippen molar-refractivity contribution in [2.45, 2.75) is 17.8 Å². The van der Waals surface area contributed by atoms with E-state index >= 15 is 0 Å². The van der Waals surface area contributed by atoms with E-state index in [-0.39, 0.29) is 29.6 Å². The lowest BCUT2D eigenvalue weighted by atomic mass is 10.1. The molecular formula is C17H18N2O8S2. The number of ether oxygens (including phenoxy) is 3. The maximum absolute atomic E-state index is 12.1. The van der Waals surface area contributed by atoms with E-state index in [1.54, 1.807) is 6.07 Å². The number of nitrogens with zero attached hydrogens (tertiary/aromatic N) is 2. The summed E-state index contributed by atoms with van der Waals surface area (Å²) in [5, 5.41) is 8.79. The average molecular weight is 442 g/mol. The zero-order valence-electron chi connectivity index (χ0n) is 15.1. The van der Waals surface area contributed by atoms with Gasteiger partial charge >= 0.3 is 5.97 Å². The van der Waals surface area contributed by atoms with Crippen molar-refractivity contribution in [2.24, 2.45) is 4.99 Å². The van der Waals surface area contributed by atoms with Gasteiger partial charge in [-0.15, -0.1) is 0 Å². The van der Waals surface area contributed by atoms with E-state index in [0.717, 1.165) is 5.56 Å². The molecule has 1 aromatic carbocycles. The number of thioether (sulfide) groups is 1. The monoisotopic (exact) mass is 442 g/mol. The summed E-state index contributed by atoms with van der Waals surface area (Å²) >= 11 is 1.25. The molecule has 0 aromatic heterocycles. The Labute approximate surface area is 170 Å². The standard InChI is InChI=1S/C17H18N2O8S2/c20-15(5-25-6-16(21)22)18-17-19(11-7-29(23,24)8-14(11)28-17)4-10-1-2-12-13(3-10)27-9-26-12/h1-3,11,14H,4-9H2,(H,21,22)/t11-,14+/m0/s1. The Morgan fingerprint density at radius 1 is 1.24 bits per heavy atom. The summed E-state index contributed by atoms with van der Waals surface area (Å²) in [5.41, 5.74) is 0.863. The lowest BCUT2D eigenvalue weighted by molar-refractivity contribution is -0.143. The number of rotatable bonds is 6. The van der Waals surface area contributed by atoms with E-state index in [1.165, 1.54) is 11.8 Å². The molecule has 1 aromatic rings. The molecule has 3 aliphatic heterocycles. The van der Waals surface area contributed by atoms with Crippen LogP contribution in [0.25, 0.3) is 0 Å². The van der Waals surface area contributed by atoms with Crippen LogP contribution in [0.2, 0.25) is 0 Å². The number of aliphatic carboxylic acids is 1. The van der Waals surface area contributed by atoms with E-state index < -0.39 is 34.9 Å². The summed E-state index contributed by atoms with van der Waals surface area (Å²) in [7, 11) is -3.15. The van der Waals surface area contributed by atoms with Gasteiger partial charge < -0.3 is 24.2 Å². The third kappa shape index (κ3) is 4.49. The molecule has 0 radical (unpaired) electrons. The van der Waals surface area contributed by atoms with Gasteiger partial charge in [0, 0.05) is 11.8 Å². The Morgan fingerprint density at radius 3 is 2.83 bits per heavy atom. The number of carboxylic acids is 1. The van der Waals surface area contributed by atoms with Crippen molar-refractivity contribution >= 4 is 38.6 Å². The van der Waals surface area contributed by atoms with Crippen LogP contribution in [0.4, 0.5) is 0 Å². The highest BCUT2D eigenvalue weighted by molar-refractivity contribution is 8.15. The Kier molecular flexibility index (Phi) is 5.40. The highest BCUT2D eigenvalue weighted by Crippen LogP contribution is 2.40. The first kappa shape index (κ1) is 20.0. The molecule has 2 fully saturated rings. The van der Waals surface area contributed by atoms with Gasteiger partial charge in [0.25, 0.3) is 5.91 Å². The summed E-state index contributed by atoms with van der Waals surface area (Å²) in [5.74, 6) is -0.509. The fraction of sp³-hybridized carbons (Fsp3) is 0.471. The number of amides is 1. The van der Waals surface area contributed by atoms with Gasteiger partial charge in [0.2, 0.25) is 6.79 Å². The van der Waals surface area contributed by atoms with E-state index in [4.69, 9.17) is 19.3 Å². The highest BCUT2D eigenvalue weighted by atomic mass is 32.2. The van der Waals surface area contributed by atoms with Crippen LogP contribution in [-0.2, 0) is 30.7 Å². The van der Waals surface area contributed by atoms with Crippen LogP contribution >= 0.6 is 11.8 Å². The Bertz CT molecular complexity index is 978. The lowest BCUT2D eigenvalue weighted by Gasteiger charge is -2.24. The van der Waals surface area contributed by atoms with Crippen LogP contribution in [-0.4, -0.2) is 78.3 Å². The summed E-state index contributed by atoms with van der Waals surface area (Å²) in [6.07, 6.45) is 0. The highest BCUT2D eigenvalue weighted by Gasteiger charge is 2.48. The molecule has 2 atom stereocenters. The molecule has 156 valence electrons. The quantitative estimate of drug-likeness (QED) is 0.647. The molecule has 0 spiro atoms. The van der Waals surface area contributed by atoms with Gasteiger partial charge in [-0.3, -0.25) is 4.79 Å². The molecule has 0 saturated carbocycles. The van der Waals surface area contributed by atoms with Gasteiger partial charge in [-0.1, -0.05) is 17.8 Å². The minimum atomic E-state index is -3.15. The zero-order chi connectivity index (χ0) is 20.6. The molecule has 0 bridgehead atoms. The maximum atomic E-state index is 12.1. The number of benzene rings is 1.